The number of aliphatic hydroxyl groups is 1. The topological polar surface area (TPSA) is 87.1 Å². The predicted molar refractivity (Wildman–Crippen MR) is 87.6 cm³/mol. The Morgan fingerprint density at radius 3 is 2.91 bits per heavy atom. The summed E-state index contributed by atoms with van der Waals surface area (Å²) in [7, 11) is 0. The fourth-order valence-electron chi connectivity index (χ4n) is 2.93. The SMILES string of the molecule is Cc1cc(Nc2ncccn2)nc([C@H]2CCCN(CCO)C2)n1. The van der Waals surface area contributed by atoms with Gasteiger partial charge in [0.05, 0.1) is 6.61 Å². The van der Waals surface area contributed by atoms with E-state index in [1.807, 2.05) is 13.0 Å². The van der Waals surface area contributed by atoms with Gasteiger partial charge in [-0.2, -0.15) is 0 Å². The molecule has 1 aliphatic rings. The number of aliphatic hydroxyl groups excluding tert-OH is 1. The maximum absolute atomic E-state index is 9.13. The molecule has 1 aliphatic heterocycles. The smallest absolute Gasteiger partial charge is 0.228 e. The molecule has 1 saturated heterocycles. The summed E-state index contributed by atoms with van der Waals surface area (Å²) in [5.41, 5.74) is 0.924. The number of aromatic nitrogens is 4. The van der Waals surface area contributed by atoms with E-state index >= 15 is 0 Å². The third kappa shape index (κ3) is 4.20. The molecule has 7 nitrogen and oxygen atoms in total. The summed E-state index contributed by atoms with van der Waals surface area (Å²) in [6, 6.07) is 3.67. The number of nitrogens with zero attached hydrogens (tertiary/aromatic N) is 5. The first-order valence-corrected chi connectivity index (χ1v) is 7.97. The number of hydrogen-bond acceptors (Lipinski definition) is 7. The molecular weight excluding hydrogens is 292 g/mol. The van der Waals surface area contributed by atoms with Gasteiger partial charge in [0.1, 0.15) is 11.6 Å². The minimum Gasteiger partial charge on any atom is -0.395 e. The first-order valence-electron chi connectivity index (χ1n) is 7.97. The molecule has 1 atom stereocenters. The van der Waals surface area contributed by atoms with Gasteiger partial charge in [-0.15, -0.1) is 0 Å². The Labute approximate surface area is 135 Å². The van der Waals surface area contributed by atoms with Gasteiger partial charge in [-0.1, -0.05) is 0 Å². The quantitative estimate of drug-likeness (QED) is 0.864. The van der Waals surface area contributed by atoms with Crippen LogP contribution < -0.4 is 5.32 Å². The molecule has 23 heavy (non-hydrogen) atoms. The molecule has 0 bridgehead atoms. The second-order valence-corrected chi connectivity index (χ2v) is 5.81. The van der Waals surface area contributed by atoms with Gasteiger partial charge in [-0.3, -0.25) is 0 Å². The third-order valence-corrected chi connectivity index (χ3v) is 3.96. The van der Waals surface area contributed by atoms with Crippen LogP contribution in [0.15, 0.2) is 24.5 Å². The zero-order valence-corrected chi connectivity index (χ0v) is 13.3. The van der Waals surface area contributed by atoms with Crippen molar-refractivity contribution in [2.45, 2.75) is 25.7 Å². The van der Waals surface area contributed by atoms with Crippen molar-refractivity contribution in [1.29, 1.82) is 0 Å². The highest BCUT2D eigenvalue weighted by Gasteiger charge is 2.23. The molecule has 3 heterocycles. The van der Waals surface area contributed by atoms with E-state index < -0.39 is 0 Å². The van der Waals surface area contributed by atoms with Crippen LogP contribution in [0.4, 0.5) is 11.8 Å². The van der Waals surface area contributed by atoms with E-state index in [2.05, 4.69) is 30.2 Å². The van der Waals surface area contributed by atoms with Crippen molar-refractivity contribution < 1.29 is 5.11 Å². The Bertz CT molecular complexity index is 634. The van der Waals surface area contributed by atoms with Crippen molar-refractivity contribution in [3.63, 3.8) is 0 Å². The molecule has 2 aromatic rings. The lowest BCUT2D eigenvalue weighted by Crippen LogP contribution is -2.36. The molecule has 3 rings (SSSR count). The summed E-state index contributed by atoms with van der Waals surface area (Å²) in [5.74, 6) is 2.40. The van der Waals surface area contributed by atoms with Crippen LogP contribution in [0.25, 0.3) is 0 Å². The van der Waals surface area contributed by atoms with Crippen molar-refractivity contribution in [3.8, 4) is 0 Å². The van der Waals surface area contributed by atoms with Gasteiger partial charge >= 0.3 is 0 Å². The first-order chi connectivity index (χ1) is 11.2. The average molecular weight is 314 g/mol. The van der Waals surface area contributed by atoms with Crippen molar-refractivity contribution >= 4 is 11.8 Å². The van der Waals surface area contributed by atoms with Crippen LogP contribution in [0, 0.1) is 6.92 Å². The number of β-amino-alcohol motifs (C(OH)–C–C–N with tert-alkyl or cyclic N) is 1. The Hall–Kier alpha value is -2.12. The van der Waals surface area contributed by atoms with Gasteiger partial charge in [0, 0.05) is 43.2 Å². The zero-order valence-electron chi connectivity index (χ0n) is 13.3. The number of nitrogens with one attached hydrogen (secondary N) is 1. The summed E-state index contributed by atoms with van der Waals surface area (Å²) >= 11 is 0. The Kier molecular flexibility index (Phi) is 5.09. The van der Waals surface area contributed by atoms with Gasteiger partial charge in [0.2, 0.25) is 5.95 Å². The molecule has 0 aliphatic carbocycles. The minimum atomic E-state index is 0.194. The zero-order chi connectivity index (χ0) is 16.1. The Morgan fingerprint density at radius 2 is 2.13 bits per heavy atom. The van der Waals surface area contributed by atoms with E-state index in [-0.39, 0.29) is 6.61 Å². The fourth-order valence-corrected chi connectivity index (χ4v) is 2.93. The van der Waals surface area contributed by atoms with Gasteiger partial charge in [-0.05, 0) is 32.4 Å². The molecule has 0 amide bonds. The summed E-state index contributed by atoms with van der Waals surface area (Å²) in [6.07, 6.45) is 5.57. The largest absolute Gasteiger partial charge is 0.395 e. The summed E-state index contributed by atoms with van der Waals surface area (Å²) in [4.78, 5) is 19.9. The van der Waals surface area contributed by atoms with E-state index in [9.17, 15) is 0 Å². The number of likely N-dealkylation sites (tertiary alicyclic amines) is 1. The highest BCUT2D eigenvalue weighted by Crippen LogP contribution is 2.25. The summed E-state index contributed by atoms with van der Waals surface area (Å²) in [6.45, 7) is 4.80. The van der Waals surface area contributed by atoms with E-state index in [1.165, 1.54) is 0 Å². The van der Waals surface area contributed by atoms with E-state index in [1.54, 1.807) is 18.5 Å². The van der Waals surface area contributed by atoms with Crippen molar-refractivity contribution in [2.75, 3.05) is 31.6 Å². The van der Waals surface area contributed by atoms with Crippen molar-refractivity contribution in [2.24, 2.45) is 0 Å². The summed E-state index contributed by atoms with van der Waals surface area (Å²) < 4.78 is 0. The fraction of sp³-hybridized carbons (Fsp3) is 0.500. The van der Waals surface area contributed by atoms with E-state index in [0.29, 0.717) is 18.4 Å². The van der Waals surface area contributed by atoms with Crippen LogP contribution in [-0.2, 0) is 0 Å². The Morgan fingerprint density at radius 1 is 1.30 bits per heavy atom. The van der Waals surface area contributed by atoms with Gasteiger partial charge < -0.3 is 15.3 Å². The number of rotatable bonds is 5. The normalized spacial score (nSPS) is 18.8. The number of piperidine rings is 1. The minimum absolute atomic E-state index is 0.194. The van der Waals surface area contributed by atoms with Crippen LogP contribution in [-0.4, -0.2) is 56.2 Å². The number of anilines is 2. The van der Waals surface area contributed by atoms with Gasteiger partial charge in [-0.25, -0.2) is 19.9 Å². The number of hydrogen-bond donors (Lipinski definition) is 2. The molecule has 0 radical (unpaired) electrons. The van der Waals surface area contributed by atoms with Crippen LogP contribution in [0.5, 0.6) is 0 Å². The number of aryl methyl sites for hydroxylation is 1. The lowest BCUT2D eigenvalue weighted by molar-refractivity contribution is 0.159. The molecular formula is C16H22N6O. The summed E-state index contributed by atoms with van der Waals surface area (Å²) in [5, 5.41) is 12.3. The van der Waals surface area contributed by atoms with Crippen LogP contribution in [0.3, 0.4) is 0 Å². The molecule has 0 unspecified atom stereocenters. The molecule has 1 fully saturated rings. The average Bonchev–Trinajstić information content (AvgIpc) is 2.56. The lowest BCUT2D eigenvalue weighted by atomic mass is 9.97. The molecule has 0 spiro atoms. The monoisotopic (exact) mass is 314 g/mol. The molecule has 2 aromatic heterocycles. The van der Waals surface area contributed by atoms with Crippen molar-refractivity contribution in [1.82, 2.24) is 24.8 Å². The maximum Gasteiger partial charge on any atom is 0.228 e. The molecule has 122 valence electrons. The van der Waals surface area contributed by atoms with Crippen LogP contribution in [0.1, 0.15) is 30.3 Å². The standard InChI is InChI=1S/C16H22N6O/c1-12-10-14(21-16-17-5-3-6-18-16)20-15(19-12)13-4-2-7-22(11-13)8-9-23/h3,5-6,10,13,23H,2,4,7-9,11H2,1H3,(H,17,18,19,20,21)/t13-/m0/s1. The van der Waals surface area contributed by atoms with Crippen LogP contribution >= 0.6 is 0 Å². The van der Waals surface area contributed by atoms with E-state index in [0.717, 1.165) is 43.3 Å². The maximum atomic E-state index is 9.13. The Balaban J connectivity index is 1.77. The molecule has 2 N–H and O–H groups in total. The first kappa shape index (κ1) is 15.8. The lowest BCUT2D eigenvalue weighted by Gasteiger charge is -2.31. The molecule has 7 heteroatoms. The van der Waals surface area contributed by atoms with Gasteiger partial charge in [0.25, 0.3) is 0 Å². The third-order valence-electron chi connectivity index (χ3n) is 3.96. The predicted octanol–water partition coefficient (Wildman–Crippen LogP) is 1.49. The van der Waals surface area contributed by atoms with E-state index in [4.69, 9.17) is 5.11 Å². The van der Waals surface area contributed by atoms with Gasteiger partial charge in [0.15, 0.2) is 0 Å². The highest BCUT2D eigenvalue weighted by molar-refractivity contribution is 5.47. The second-order valence-electron chi connectivity index (χ2n) is 5.81. The van der Waals surface area contributed by atoms with Crippen LogP contribution in [0.2, 0.25) is 0 Å². The molecule has 0 aromatic carbocycles. The highest BCUT2D eigenvalue weighted by atomic mass is 16.3. The molecule has 0 saturated carbocycles. The van der Waals surface area contributed by atoms with Crippen molar-refractivity contribution in [3.05, 3.63) is 36.0 Å². The second kappa shape index (κ2) is 7.43.